The highest BCUT2D eigenvalue weighted by molar-refractivity contribution is 5.46. The first kappa shape index (κ1) is 10.6. The minimum Gasteiger partial charge on any atom is -0.399 e. The fourth-order valence-electron chi connectivity index (χ4n) is 0.757. The van der Waals surface area contributed by atoms with Crippen molar-refractivity contribution in [2.24, 2.45) is 0 Å². The Balaban J connectivity index is 3.13. The van der Waals surface area contributed by atoms with Crippen LogP contribution in [0.3, 0.4) is 0 Å². The van der Waals surface area contributed by atoms with Gasteiger partial charge in [-0.15, -0.1) is 13.2 Å². The summed E-state index contributed by atoms with van der Waals surface area (Å²) in [4.78, 5) is 0. The fraction of sp³-hybridized carbons (Fsp3) is 0.143. The average Bonchev–Trinajstić information content (AvgIpc) is 2.04. The Kier molecular flexibility index (Phi) is 2.50. The van der Waals surface area contributed by atoms with Crippen LogP contribution < -0.4 is 10.5 Å². The molecule has 2 nitrogen and oxygen atoms in total. The van der Waals surface area contributed by atoms with E-state index in [1.807, 2.05) is 0 Å². The molecule has 0 aliphatic rings. The number of halogens is 5. The molecule has 0 aliphatic carbocycles. The third kappa shape index (κ3) is 2.24. The smallest absolute Gasteiger partial charge is 0.399 e. The fourth-order valence-corrected chi connectivity index (χ4v) is 0.757. The molecule has 0 atom stereocenters. The van der Waals surface area contributed by atoms with Crippen LogP contribution in [0, 0.1) is 11.6 Å². The van der Waals surface area contributed by atoms with Crippen LogP contribution in [0.4, 0.5) is 27.6 Å². The molecule has 1 aromatic rings. The molecular formula is C7H4F5NO. The van der Waals surface area contributed by atoms with E-state index in [4.69, 9.17) is 5.73 Å². The zero-order valence-corrected chi connectivity index (χ0v) is 6.53. The lowest BCUT2D eigenvalue weighted by Crippen LogP contribution is -2.19. The Bertz CT molecular complexity index is 349. The van der Waals surface area contributed by atoms with Crippen molar-refractivity contribution in [3.63, 3.8) is 0 Å². The van der Waals surface area contributed by atoms with Crippen LogP contribution in [0.25, 0.3) is 0 Å². The molecule has 1 aromatic carbocycles. The molecule has 0 fully saturated rings. The first-order chi connectivity index (χ1) is 6.31. The standard InChI is InChI=1S/C7H4F5NO/c8-3-1-2-4(13)5(9)6(3)14-7(10,11)12/h1-2H,13H2. The molecule has 0 aromatic heterocycles. The van der Waals surface area contributed by atoms with Gasteiger partial charge in [0.2, 0.25) is 5.75 Å². The first-order valence-electron chi connectivity index (χ1n) is 3.30. The van der Waals surface area contributed by atoms with Gasteiger partial charge < -0.3 is 10.5 Å². The highest BCUT2D eigenvalue weighted by Crippen LogP contribution is 2.30. The lowest BCUT2D eigenvalue weighted by molar-refractivity contribution is -0.276. The summed E-state index contributed by atoms with van der Waals surface area (Å²) in [7, 11) is 0. The minimum atomic E-state index is -5.16. The SMILES string of the molecule is Nc1ccc(F)c(OC(F)(F)F)c1F. The summed E-state index contributed by atoms with van der Waals surface area (Å²) in [5.41, 5.74) is 4.30. The number of ether oxygens (including phenoxy) is 1. The normalized spacial score (nSPS) is 11.5. The number of hydrogen-bond acceptors (Lipinski definition) is 2. The van der Waals surface area contributed by atoms with Crippen molar-refractivity contribution in [2.75, 3.05) is 5.73 Å². The summed E-state index contributed by atoms with van der Waals surface area (Å²) in [5.74, 6) is -4.58. The highest BCUT2D eigenvalue weighted by atomic mass is 19.4. The van der Waals surface area contributed by atoms with Gasteiger partial charge in [-0.3, -0.25) is 0 Å². The van der Waals surface area contributed by atoms with Gasteiger partial charge in [-0.2, -0.15) is 0 Å². The van der Waals surface area contributed by atoms with Crippen molar-refractivity contribution in [2.45, 2.75) is 6.36 Å². The maximum Gasteiger partial charge on any atom is 0.573 e. The van der Waals surface area contributed by atoms with E-state index in [1.54, 1.807) is 0 Å². The molecule has 0 saturated carbocycles. The highest BCUT2D eigenvalue weighted by Gasteiger charge is 2.34. The van der Waals surface area contributed by atoms with E-state index in [-0.39, 0.29) is 0 Å². The molecule has 7 heteroatoms. The van der Waals surface area contributed by atoms with Gasteiger partial charge in [0, 0.05) is 0 Å². The second-order valence-electron chi connectivity index (χ2n) is 2.33. The zero-order chi connectivity index (χ0) is 10.9. The molecular weight excluding hydrogens is 209 g/mol. The van der Waals surface area contributed by atoms with E-state index in [0.717, 1.165) is 6.07 Å². The van der Waals surface area contributed by atoms with E-state index < -0.39 is 29.4 Å². The molecule has 0 spiro atoms. The van der Waals surface area contributed by atoms with E-state index in [0.29, 0.717) is 6.07 Å². The summed E-state index contributed by atoms with van der Waals surface area (Å²) in [6.45, 7) is 0. The monoisotopic (exact) mass is 213 g/mol. The number of benzene rings is 1. The third-order valence-electron chi connectivity index (χ3n) is 1.30. The van der Waals surface area contributed by atoms with Crippen LogP contribution in [-0.4, -0.2) is 6.36 Å². The average molecular weight is 213 g/mol. The Morgan fingerprint density at radius 1 is 1.14 bits per heavy atom. The van der Waals surface area contributed by atoms with Crippen molar-refractivity contribution < 1.29 is 26.7 Å². The Morgan fingerprint density at radius 3 is 2.21 bits per heavy atom. The molecule has 0 bridgehead atoms. The van der Waals surface area contributed by atoms with Crippen LogP contribution in [0.5, 0.6) is 5.75 Å². The Labute approximate surface area is 75.1 Å². The predicted octanol–water partition coefficient (Wildman–Crippen LogP) is 2.45. The molecule has 78 valence electrons. The van der Waals surface area contributed by atoms with Crippen LogP contribution in [-0.2, 0) is 0 Å². The second kappa shape index (κ2) is 3.32. The summed E-state index contributed by atoms with van der Waals surface area (Å²) in [6.07, 6.45) is -5.16. The van der Waals surface area contributed by atoms with E-state index in [1.165, 1.54) is 0 Å². The molecule has 0 amide bonds. The molecule has 0 radical (unpaired) electrons. The Morgan fingerprint density at radius 2 is 1.71 bits per heavy atom. The topological polar surface area (TPSA) is 35.2 Å². The maximum atomic E-state index is 12.8. The van der Waals surface area contributed by atoms with Crippen molar-refractivity contribution in [1.82, 2.24) is 0 Å². The molecule has 0 unspecified atom stereocenters. The van der Waals surface area contributed by atoms with Crippen molar-refractivity contribution in [1.29, 1.82) is 0 Å². The number of rotatable bonds is 1. The summed E-state index contributed by atoms with van der Waals surface area (Å²) >= 11 is 0. The summed E-state index contributed by atoms with van der Waals surface area (Å²) in [5, 5.41) is 0. The summed E-state index contributed by atoms with van der Waals surface area (Å²) < 4.78 is 63.5. The quantitative estimate of drug-likeness (QED) is 0.574. The zero-order valence-electron chi connectivity index (χ0n) is 6.53. The van der Waals surface area contributed by atoms with Crippen LogP contribution >= 0.6 is 0 Å². The van der Waals surface area contributed by atoms with Crippen molar-refractivity contribution >= 4 is 5.69 Å². The molecule has 14 heavy (non-hydrogen) atoms. The number of nitrogens with two attached hydrogens (primary N) is 1. The van der Waals surface area contributed by atoms with Crippen molar-refractivity contribution in [3.05, 3.63) is 23.8 Å². The van der Waals surface area contributed by atoms with Gasteiger partial charge in [0.15, 0.2) is 11.6 Å². The number of nitrogen functional groups attached to an aromatic ring is 1. The van der Waals surface area contributed by atoms with E-state index in [9.17, 15) is 22.0 Å². The Hall–Kier alpha value is -1.53. The van der Waals surface area contributed by atoms with Gasteiger partial charge in [-0.05, 0) is 12.1 Å². The molecule has 0 aliphatic heterocycles. The maximum absolute atomic E-state index is 12.8. The molecule has 2 N–H and O–H groups in total. The van der Waals surface area contributed by atoms with Crippen LogP contribution in [0.15, 0.2) is 12.1 Å². The first-order valence-corrected chi connectivity index (χ1v) is 3.30. The lowest BCUT2D eigenvalue weighted by atomic mass is 10.3. The molecule has 0 saturated heterocycles. The van der Waals surface area contributed by atoms with Gasteiger partial charge >= 0.3 is 6.36 Å². The van der Waals surface area contributed by atoms with Gasteiger partial charge in [-0.25, -0.2) is 8.78 Å². The lowest BCUT2D eigenvalue weighted by Gasteiger charge is -2.10. The van der Waals surface area contributed by atoms with Gasteiger partial charge in [0.1, 0.15) is 0 Å². The van der Waals surface area contributed by atoms with Gasteiger partial charge in [0.25, 0.3) is 0 Å². The second-order valence-corrected chi connectivity index (χ2v) is 2.33. The predicted molar refractivity (Wildman–Crippen MR) is 37.5 cm³/mol. The summed E-state index contributed by atoms with van der Waals surface area (Å²) in [6, 6.07) is 1.38. The van der Waals surface area contributed by atoms with Crippen molar-refractivity contribution in [3.8, 4) is 5.75 Å². The van der Waals surface area contributed by atoms with Gasteiger partial charge in [0.05, 0.1) is 5.69 Å². The number of anilines is 1. The molecule has 0 heterocycles. The minimum absolute atomic E-state index is 0.583. The van der Waals surface area contributed by atoms with Gasteiger partial charge in [-0.1, -0.05) is 0 Å². The van der Waals surface area contributed by atoms with E-state index >= 15 is 0 Å². The molecule has 1 rings (SSSR count). The van der Waals surface area contributed by atoms with Crippen LogP contribution in [0.2, 0.25) is 0 Å². The number of hydrogen-bond donors (Lipinski definition) is 1. The van der Waals surface area contributed by atoms with Crippen LogP contribution in [0.1, 0.15) is 0 Å². The van der Waals surface area contributed by atoms with E-state index in [2.05, 4.69) is 4.74 Å². The third-order valence-corrected chi connectivity index (χ3v) is 1.30. The number of alkyl halides is 3. The largest absolute Gasteiger partial charge is 0.573 e.